The molecule has 6 heteroatoms. The molecule has 0 spiro atoms. The van der Waals surface area contributed by atoms with Gasteiger partial charge in [0.05, 0.1) is 6.33 Å². The number of likely N-dealkylation sites (tertiary alicyclic amines) is 1. The number of carbonyl (C=O) groups is 1. The maximum Gasteiger partial charge on any atom is 0.271 e. The van der Waals surface area contributed by atoms with E-state index >= 15 is 0 Å². The highest BCUT2D eigenvalue weighted by Crippen LogP contribution is 2.17. The predicted molar refractivity (Wildman–Crippen MR) is 78.4 cm³/mol. The molecular formula is C14H25N5O. The SMILES string of the molecule is CC(C)N1CCC(CNC(=O)c2cn(CCN)cn2)C1. The van der Waals surface area contributed by atoms with Crippen LogP contribution in [0.3, 0.4) is 0 Å². The summed E-state index contributed by atoms with van der Waals surface area (Å²) in [7, 11) is 0. The molecule has 1 fully saturated rings. The van der Waals surface area contributed by atoms with Crippen LogP contribution >= 0.6 is 0 Å². The molecule has 1 atom stereocenters. The number of aromatic nitrogens is 2. The van der Waals surface area contributed by atoms with Crippen LogP contribution in [-0.4, -0.2) is 52.6 Å². The van der Waals surface area contributed by atoms with Crippen molar-refractivity contribution in [1.29, 1.82) is 0 Å². The quantitative estimate of drug-likeness (QED) is 0.785. The lowest BCUT2D eigenvalue weighted by molar-refractivity contribution is 0.0942. The van der Waals surface area contributed by atoms with Gasteiger partial charge >= 0.3 is 0 Å². The van der Waals surface area contributed by atoms with Crippen LogP contribution < -0.4 is 11.1 Å². The van der Waals surface area contributed by atoms with Crippen LogP contribution in [0.25, 0.3) is 0 Å². The molecule has 1 aliphatic heterocycles. The molecule has 1 amide bonds. The highest BCUT2D eigenvalue weighted by molar-refractivity contribution is 5.91. The zero-order valence-electron chi connectivity index (χ0n) is 12.4. The fraction of sp³-hybridized carbons (Fsp3) is 0.714. The number of nitrogens with one attached hydrogen (secondary N) is 1. The van der Waals surface area contributed by atoms with Gasteiger partial charge in [-0.3, -0.25) is 4.79 Å². The van der Waals surface area contributed by atoms with Gasteiger partial charge in [-0.05, 0) is 32.7 Å². The van der Waals surface area contributed by atoms with Gasteiger partial charge in [0.25, 0.3) is 5.91 Å². The van der Waals surface area contributed by atoms with E-state index in [1.807, 2.05) is 4.57 Å². The van der Waals surface area contributed by atoms with Crippen LogP contribution in [0.2, 0.25) is 0 Å². The third kappa shape index (κ3) is 3.80. The summed E-state index contributed by atoms with van der Waals surface area (Å²) in [5.74, 6) is 0.455. The second-order valence-electron chi connectivity index (χ2n) is 5.74. The normalized spacial score (nSPS) is 19.7. The van der Waals surface area contributed by atoms with Crippen molar-refractivity contribution < 1.29 is 4.79 Å². The first-order chi connectivity index (χ1) is 9.60. The van der Waals surface area contributed by atoms with Gasteiger partial charge < -0.3 is 20.5 Å². The molecule has 2 rings (SSSR count). The molecule has 3 N–H and O–H groups in total. The first-order valence-corrected chi connectivity index (χ1v) is 7.34. The molecule has 1 aromatic heterocycles. The molecule has 20 heavy (non-hydrogen) atoms. The van der Waals surface area contributed by atoms with E-state index in [-0.39, 0.29) is 5.91 Å². The molecule has 0 bridgehead atoms. The molecule has 112 valence electrons. The molecule has 1 aromatic rings. The third-order valence-corrected chi connectivity index (χ3v) is 3.85. The fourth-order valence-electron chi connectivity index (χ4n) is 2.57. The van der Waals surface area contributed by atoms with Gasteiger partial charge in [0.2, 0.25) is 0 Å². The van der Waals surface area contributed by atoms with E-state index < -0.39 is 0 Å². The highest BCUT2D eigenvalue weighted by Gasteiger charge is 2.24. The zero-order valence-corrected chi connectivity index (χ0v) is 12.4. The topological polar surface area (TPSA) is 76.2 Å². The second-order valence-corrected chi connectivity index (χ2v) is 5.74. The second kappa shape index (κ2) is 6.85. The van der Waals surface area contributed by atoms with Crippen LogP contribution in [0.1, 0.15) is 30.8 Å². The summed E-state index contributed by atoms with van der Waals surface area (Å²) in [5, 5.41) is 2.98. The van der Waals surface area contributed by atoms with Gasteiger partial charge in [-0.2, -0.15) is 0 Å². The number of rotatable bonds is 6. The Hall–Kier alpha value is -1.40. The number of nitrogens with two attached hydrogens (primary N) is 1. The minimum Gasteiger partial charge on any atom is -0.350 e. The summed E-state index contributed by atoms with van der Waals surface area (Å²) in [6.07, 6.45) is 4.55. The van der Waals surface area contributed by atoms with E-state index in [4.69, 9.17) is 5.73 Å². The van der Waals surface area contributed by atoms with Crippen molar-refractivity contribution in [3.63, 3.8) is 0 Å². The third-order valence-electron chi connectivity index (χ3n) is 3.85. The number of nitrogens with zero attached hydrogens (tertiary/aromatic N) is 3. The Morgan fingerprint density at radius 1 is 1.60 bits per heavy atom. The standard InChI is InChI=1S/C14H25N5O/c1-11(2)19-5-3-12(8-19)7-16-14(20)13-9-18(6-4-15)10-17-13/h9-12H,3-8,15H2,1-2H3,(H,16,20). The van der Waals surface area contributed by atoms with Crippen LogP contribution in [0, 0.1) is 5.92 Å². The van der Waals surface area contributed by atoms with Crippen molar-refractivity contribution >= 4 is 5.91 Å². The van der Waals surface area contributed by atoms with Crippen molar-refractivity contribution in [1.82, 2.24) is 19.8 Å². The minimum atomic E-state index is -0.0937. The first-order valence-electron chi connectivity index (χ1n) is 7.34. The van der Waals surface area contributed by atoms with E-state index in [1.54, 1.807) is 12.5 Å². The average Bonchev–Trinajstić information content (AvgIpc) is 3.05. The fourth-order valence-corrected chi connectivity index (χ4v) is 2.57. The largest absolute Gasteiger partial charge is 0.350 e. The number of amides is 1. The monoisotopic (exact) mass is 279 g/mol. The van der Waals surface area contributed by atoms with Crippen molar-refractivity contribution in [2.45, 2.75) is 32.9 Å². The van der Waals surface area contributed by atoms with Crippen molar-refractivity contribution in [3.05, 3.63) is 18.2 Å². The number of hydrogen-bond donors (Lipinski definition) is 2. The van der Waals surface area contributed by atoms with E-state index in [0.717, 1.165) is 26.1 Å². The summed E-state index contributed by atoms with van der Waals surface area (Å²) in [4.78, 5) is 18.6. The maximum atomic E-state index is 12.0. The van der Waals surface area contributed by atoms with Gasteiger partial charge in [-0.1, -0.05) is 0 Å². The lowest BCUT2D eigenvalue weighted by atomic mass is 10.1. The number of hydrogen-bond acceptors (Lipinski definition) is 4. The Morgan fingerprint density at radius 3 is 3.05 bits per heavy atom. The van der Waals surface area contributed by atoms with Gasteiger partial charge in [0.15, 0.2) is 0 Å². The lowest BCUT2D eigenvalue weighted by Crippen LogP contribution is -2.33. The van der Waals surface area contributed by atoms with Crippen LogP contribution in [0.15, 0.2) is 12.5 Å². The molecule has 6 nitrogen and oxygen atoms in total. The number of carbonyl (C=O) groups excluding carboxylic acids is 1. The summed E-state index contributed by atoms with van der Waals surface area (Å²) in [6.45, 7) is 8.58. The summed E-state index contributed by atoms with van der Waals surface area (Å²) in [6, 6.07) is 0.586. The Balaban J connectivity index is 1.77. The highest BCUT2D eigenvalue weighted by atomic mass is 16.1. The number of imidazole rings is 1. The Labute approximate surface area is 120 Å². The van der Waals surface area contributed by atoms with E-state index in [2.05, 4.69) is 29.0 Å². The van der Waals surface area contributed by atoms with E-state index in [1.165, 1.54) is 0 Å². The van der Waals surface area contributed by atoms with Gasteiger partial charge in [-0.15, -0.1) is 0 Å². The molecule has 0 saturated carbocycles. The van der Waals surface area contributed by atoms with Gasteiger partial charge in [-0.25, -0.2) is 4.98 Å². The summed E-state index contributed by atoms with van der Waals surface area (Å²) < 4.78 is 1.84. The molecule has 1 aliphatic rings. The Kier molecular flexibility index (Phi) is 5.14. The lowest BCUT2D eigenvalue weighted by Gasteiger charge is -2.20. The van der Waals surface area contributed by atoms with Crippen molar-refractivity contribution in [3.8, 4) is 0 Å². The zero-order chi connectivity index (χ0) is 14.5. The molecule has 0 aromatic carbocycles. The molecule has 2 heterocycles. The van der Waals surface area contributed by atoms with Crippen molar-refractivity contribution in [2.75, 3.05) is 26.2 Å². The minimum absolute atomic E-state index is 0.0937. The summed E-state index contributed by atoms with van der Waals surface area (Å²) >= 11 is 0. The van der Waals surface area contributed by atoms with E-state index in [9.17, 15) is 4.79 Å². The molecule has 1 unspecified atom stereocenters. The van der Waals surface area contributed by atoms with Gasteiger partial charge in [0, 0.05) is 38.4 Å². The Bertz CT molecular complexity index is 443. The summed E-state index contributed by atoms with van der Waals surface area (Å²) in [5.41, 5.74) is 5.94. The first kappa shape index (κ1) is 15.0. The van der Waals surface area contributed by atoms with Crippen molar-refractivity contribution in [2.24, 2.45) is 11.7 Å². The van der Waals surface area contributed by atoms with Gasteiger partial charge in [0.1, 0.15) is 5.69 Å². The smallest absolute Gasteiger partial charge is 0.271 e. The van der Waals surface area contributed by atoms with Crippen LogP contribution in [0.4, 0.5) is 0 Å². The van der Waals surface area contributed by atoms with Crippen LogP contribution in [-0.2, 0) is 6.54 Å². The van der Waals surface area contributed by atoms with Crippen LogP contribution in [0.5, 0.6) is 0 Å². The maximum absolute atomic E-state index is 12.0. The average molecular weight is 279 g/mol. The Morgan fingerprint density at radius 2 is 2.40 bits per heavy atom. The molecular weight excluding hydrogens is 254 g/mol. The van der Waals surface area contributed by atoms with E-state index in [0.29, 0.717) is 30.7 Å². The molecule has 0 radical (unpaired) electrons. The predicted octanol–water partition coefficient (Wildman–Crippen LogP) is 0.302. The molecule has 1 saturated heterocycles. The molecule has 0 aliphatic carbocycles.